The van der Waals surface area contributed by atoms with Crippen LogP contribution in [0.2, 0.25) is 0 Å². The maximum atomic E-state index is 5.26. The van der Waals surface area contributed by atoms with Gasteiger partial charge < -0.3 is 19.8 Å². The van der Waals surface area contributed by atoms with E-state index in [0.717, 1.165) is 24.7 Å². The summed E-state index contributed by atoms with van der Waals surface area (Å²) in [6.45, 7) is 6.30. The Balaban J connectivity index is 2.39. The van der Waals surface area contributed by atoms with Crippen LogP contribution in [0.4, 0.5) is 0 Å². The summed E-state index contributed by atoms with van der Waals surface area (Å²) in [6, 6.07) is 4.09. The number of nitrogens with one attached hydrogen (secondary N) is 2. The molecule has 1 atom stereocenters. The van der Waals surface area contributed by atoms with Crippen molar-refractivity contribution >= 4 is 5.96 Å². The van der Waals surface area contributed by atoms with Crippen molar-refractivity contribution in [2.45, 2.75) is 26.3 Å². The standard InChI is InChI=1S/C13H23N3O2/c1-4-14-13(16-11(2)10-17-3)15-8-7-12-6-5-9-18-12/h5-6,9,11H,4,7-8,10H2,1-3H3,(H2,14,15,16). The number of aliphatic imine (C=N–C) groups is 1. The van der Waals surface area contributed by atoms with Crippen molar-refractivity contribution in [3.05, 3.63) is 24.2 Å². The molecule has 0 aliphatic heterocycles. The van der Waals surface area contributed by atoms with Gasteiger partial charge in [-0.2, -0.15) is 0 Å². The topological polar surface area (TPSA) is 58.8 Å². The van der Waals surface area contributed by atoms with Crippen LogP contribution in [0.25, 0.3) is 0 Å². The Morgan fingerprint density at radius 1 is 1.56 bits per heavy atom. The zero-order valence-electron chi connectivity index (χ0n) is 11.4. The number of nitrogens with zero attached hydrogens (tertiary/aromatic N) is 1. The quantitative estimate of drug-likeness (QED) is 0.570. The van der Waals surface area contributed by atoms with E-state index in [1.165, 1.54) is 0 Å². The molecule has 0 fully saturated rings. The average Bonchev–Trinajstić information content (AvgIpc) is 2.82. The molecule has 102 valence electrons. The van der Waals surface area contributed by atoms with E-state index in [2.05, 4.69) is 22.5 Å². The van der Waals surface area contributed by atoms with E-state index in [-0.39, 0.29) is 6.04 Å². The molecule has 5 nitrogen and oxygen atoms in total. The fraction of sp³-hybridized carbons (Fsp3) is 0.615. The van der Waals surface area contributed by atoms with Crippen molar-refractivity contribution < 1.29 is 9.15 Å². The normalized spacial score (nSPS) is 13.4. The third-order valence-corrected chi connectivity index (χ3v) is 2.35. The zero-order valence-corrected chi connectivity index (χ0v) is 11.4. The highest BCUT2D eigenvalue weighted by molar-refractivity contribution is 5.80. The third kappa shape index (κ3) is 5.72. The Morgan fingerprint density at radius 3 is 3.00 bits per heavy atom. The van der Waals surface area contributed by atoms with Crippen molar-refractivity contribution in [1.82, 2.24) is 10.6 Å². The molecule has 1 aromatic heterocycles. The second-order valence-corrected chi connectivity index (χ2v) is 4.09. The van der Waals surface area contributed by atoms with E-state index in [0.29, 0.717) is 13.2 Å². The summed E-state index contributed by atoms with van der Waals surface area (Å²) in [5.41, 5.74) is 0. The molecule has 1 heterocycles. The van der Waals surface area contributed by atoms with Crippen molar-refractivity contribution in [3.63, 3.8) is 0 Å². The monoisotopic (exact) mass is 253 g/mol. The first kappa shape index (κ1) is 14.6. The second-order valence-electron chi connectivity index (χ2n) is 4.09. The zero-order chi connectivity index (χ0) is 13.2. The molecule has 2 N–H and O–H groups in total. The second kappa shape index (κ2) is 8.58. The molecule has 1 aromatic rings. The highest BCUT2D eigenvalue weighted by atomic mass is 16.5. The van der Waals surface area contributed by atoms with Gasteiger partial charge in [-0.15, -0.1) is 0 Å². The van der Waals surface area contributed by atoms with Crippen LogP contribution in [0.3, 0.4) is 0 Å². The predicted octanol–water partition coefficient (Wildman–Crippen LogP) is 1.41. The molecular formula is C13H23N3O2. The number of methoxy groups -OCH3 is 1. The predicted molar refractivity (Wildman–Crippen MR) is 72.9 cm³/mol. The van der Waals surface area contributed by atoms with Crippen molar-refractivity contribution in [1.29, 1.82) is 0 Å². The lowest BCUT2D eigenvalue weighted by molar-refractivity contribution is 0.179. The van der Waals surface area contributed by atoms with E-state index in [1.807, 2.05) is 19.1 Å². The number of ether oxygens (including phenoxy) is 1. The molecule has 0 aliphatic carbocycles. The summed E-state index contributed by atoms with van der Waals surface area (Å²) < 4.78 is 10.4. The minimum atomic E-state index is 0.233. The van der Waals surface area contributed by atoms with Crippen LogP contribution in [0.1, 0.15) is 19.6 Å². The van der Waals surface area contributed by atoms with Crippen molar-refractivity contribution in [2.24, 2.45) is 4.99 Å². The molecule has 0 bridgehead atoms. The molecule has 0 saturated heterocycles. The summed E-state index contributed by atoms with van der Waals surface area (Å²) in [6.07, 6.45) is 2.49. The van der Waals surface area contributed by atoms with Gasteiger partial charge in [0, 0.05) is 32.7 Å². The SMILES string of the molecule is CCNC(=NCCc1ccco1)NC(C)COC. The molecule has 0 radical (unpaired) electrons. The highest BCUT2D eigenvalue weighted by Gasteiger charge is 2.04. The summed E-state index contributed by atoms with van der Waals surface area (Å²) in [7, 11) is 1.69. The van der Waals surface area contributed by atoms with Crippen LogP contribution in [-0.4, -0.2) is 38.8 Å². The van der Waals surface area contributed by atoms with Crippen LogP contribution in [0.5, 0.6) is 0 Å². The van der Waals surface area contributed by atoms with E-state index >= 15 is 0 Å². The van der Waals surface area contributed by atoms with Gasteiger partial charge >= 0.3 is 0 Å². The van der Waals surface area contributed by atoms with Gasteiger partial charge in [0.2, 0.25) is 0 Å². The number of hydrogen-bond donors (Lipinski definition) is 2. The fourth-order valence-corrected chi connectivity index (χ4v) is 1.58. The Hall–Kier alpha value is -1.49. The minimum Gasteiger partial charge on any atom is -0.469 e. The van der Waals surface area contributed by atoms with Gasteiger partial charge in [-0.1, -0.05) is 0 Å². The van der Waals surface area contributed by atoms with Gasteiger partial charge in [0.05, 0.1) is 12.9 Å². The molecule has 0 spiro atoms. The number of guanidine groups is 1. The fourth-order valence-electron chi connectivity index (χ4n) is 1.58. The van der Waals surface area contributed by atoms with Gasteiger partial charge in [0.1, 0.15) is 5.76 Å². The third-order valence-electron chi connectivity index (χ3n) is 2.35. The molecule has 0 saturated carbocycles. The summed E-state index contributed by atoms with van der Waals surface area (Å²) in [5, 5.41) is 6.49. The number of furan rings is 1. The molecule has 0 aliphatic rings. The van der Waals surface area contributed by atoms with Crippen molar-refractivity contribution in [2.75, 3.05) is 26.8 Å². The summed E-state index contributed by atoms with van der Waals surface area (Å²) >= 11 is 0. The Morgan fingerprint density at radius 2 is 2.39 bits per heavy atom. The van der Waals surface area contributed by atoms with Crippen LogP contribution in [0, 0.1) is 0 Å². The molecule has 0 amide bonds. The lowest BCUT2D eigenvalue weighted by atomic mass is 10.3. The van der Waals surface area contributed by atoms with Crippen LogP contribution in [0.15, 0.2) is 27.8 Å². The average molecular weight is 253 g/mol. The van der Waals surface area contributed by atoms with Gasteiger partial charge in [-0.05, 0) is 26.0 Å². The summed E-state index contributed by atoms with van der Waals surface area (Å²) in [4.78, 5) is 4.49. The maximum absolute atomic E-state index is 5.26. The molecule has 1 unspecified atom stereocenters. The Bertz CT molecular complexity index is 336. The lowest BCUT2D eigenvalue weighted by Gasteiger charge is -2.16. The van der Waals surface area contributed by atoms with Crippen molar-refractivity contribution in [3.8, 4) is 0 Å². The van der Waals surface area contributed by atoms with Crippen LogP contribution >= 0.6 is 0 Å². The highest BCUT2D eigenvalue weighted by Crippen LogP contribution is 2.00. The first-order valence-corrected chi connectivity index (χ1v) is 6.32. The maximum Gasteiger partial charge on any atom is 0.191 e. The smallest absolute Gasteiger partial charge is 0.191 e. The summed E-state index contributed by atoms with van der Waals surface area (Å²) in [5.74, 6) is 1.77. The van der Waals surface area contributed by atoms with Crippen LogP contribution < -0.4 is 10.6 Å². The first-order chi connectivity index (χ1) is 8.76. The molecular weight excluding hydrogens is 230 g/mol. The molecule has 18 heavy (non-hydrogen) atoms. The molecule has 5 heteroatoms. The number of rotatable bonds is 7. The van der Waals surface area contributed by atoms with Gasteiger partial charge in [0.25, 0.3) is 0 Å². The lowest BCUT2D eigenvalue weighted by Crippen LogP contribution is -2.44. The minimum absolute atomic E-state index is 0.233. The van der Waals surface area contributed by atoms with Gasteiger partial charge in [-0.3, -0.25) is 4.99 Å². The van der Waals surface area contributed by atoms with E-state index < -0.39 is 0 Å². The molecule has 1 rings (SSSR count). The molecule has 0 aromatic carbocycles. The van der Waals surface area contributed by atoms with Gasteiger partial charge in [0.15, 0.2) is 5.96 Å². The van der Waals surface area contributed by atoms with Gasteiger partial charge in [-0.25, -0.2) is 0 Å². The van der Waals surface area contributed by atoms with E-state index in [4.69, 9.17) is 9.15 Å². The van der Waals surface area contributed by atoms with E-state index in [1.54, 1.807) is 13.4 Å². The Kier molecular flexibility index (Phi) is 6.94. The first-order valence-electron chi connectivity index (χ1n) is 6.32. The largest absolute Gasteiger partial charge is 0.469 e. The van der Waals surface area contributed by atoms with Crippen LogP contribution in [-0.2, 0) is 11.2 Å². The van der Waals surface area contributed by atoms with E-state index in [9.17, 15) is 0 Å². The Labute approximate surface area is 109 Å². The number of hydrogen-bond acceptors (Lipinski definition) is 3.